The van der Waals surface area contributed by atoms with E-state index in [9.17, 15) is 0 Å². The second-order valence-electron chi connectivity index (χ2n) is 15.8. The Morgan fingerprint density at radius 3 is 2.08 bits per heavy atom. The highest BCUT2D eigenvalue weighted by Crippen LogP contribution is 2.43. The Bertz CT molecular complexity index is 3810. The molecule has 0 aliphatic carbocycles. The molecule has 0 saturated carbocycles. The summed E-state index contributed by atoms with van der Waals surface area (Å²) in [5, 5.41) is 12.7. The number of nitrogens with one attached hydrogen (secondary N) is 1. The molecule has 1 aliphatic rings. The number of amidine groups is 2. The highest BCUT2D eigenvalue weighted by atomic mass is 16.3. The van der Waals surface area contributed by atoms with Gasteiger partial charge in [-0.2, -0.15) is 0 Å². The molecule has 3 aromatic heterocycles. The predicted molar refractivity (Wildman–Crippen MR) is 250 cm³/mol. The van der Waals surface area contributed by atoms with Gasteiger partial charge in [-0.15, -0.1) is 0 Å². The van der Waals surface area contributed by atoms with Crippen molar-refractivity contribution in [1.29, 1.82) is 0 Å². The van der Waals surface area contributed by atoms with Gasteiger partial charge in [-0.25, -0.2) is 9.98 Å². The second kappa shape index (κ2) is 13.1. The van der Waals surface area contributed by atoms with Gasteiger partial charge in [0.25, 0.3) is 0 Å². The van der Waals surface area contributed by atoms with Crippen LogP contribution < -0.4 is 5.32 Å². The first-order valence-electron chi connectivity index (χ1n) is 20.6. The number of furan rings is 2. The first-order valence-corrected chi connectivity index (χ1v) is 20.6. The molecule has 1 unspecified atom stereocenters. The van der Waals surface area contributed by atoms with Crippen molar-refractivity contribution in [2.24, 2.45) is 9.98 Å². The number of fused-ring (bicyclic) bond motifs is 10. The summed E-state index contributed by atoms with van der Waals surface area (Å²) in [5.41, 5.74) is 11.9. The van der Waals surface area contributed by atoms with Crippen molar-refractivity contribution in [3.63, 3.8) is 0 Å². The molecule has 13 rings (SSSR count). The van der Waals surface area contributed by atoms with Crippen LogP contribution in [0.15, 0.2) is 213 Å². The zero-order valence-corrected chi connectivity index (χ0v) is 32.7. The van der Waals surface area contributed by atoms with Crippen molar-refractivity contribution in [1.82, 2.24) is 9.88 Å². The van der Waals surface area contributed by atoms with Crippen molar-refractivity contribution in [2.75, 3.05) is 0 Å². The maximum absolute atomic E-state index is 6.75. The Morgan fingerprint density at radius 2 is 1.15 bits per heavy atom. The lowest BCUT2D eigenvalue weighted by Gasteiger charge is -2.23. The topological polar surface area (TPSA) is 68.0 Å². The SMILES string of the molecule is c1ccc(-n2c3ccccc3c3cccc(-c4cccc5oc6cc(C7=NC(c8ccc9ccccc9c8)=NC(c8ccc9c(c8)oc8ccccc89)N7)ccc6c45)c32)cc1. The van der Waals surface area contributed by atoms with Crippen LogP contribution in [0.3, 0.4) is 0 Å². The molecule has 0 amide bonds. The van der Waals surface area contributed by atoms with Gasteiger partial charge in [0.1, 0.15) is 34.3 Å². The van der Waals surface area contributed by atoms with Gasteiger partial charge >= 0.3 is 0 Å². The van der Waals surface area contributed by atoms with E-state index < -0.39 is 6.17 Å². The van der Waals surface area contributed by atoms with Gasteiger partial charge in [-0.1, -0.05) is 140 Å². The van der Waals surface area contributed by atoms with Crippen molar-refractivity contribution in [3.8, 4) is 16.8 Å². The predicted octanol–water partition coefficient (Wildman–Crippen LogP) is 13.9. The lowest BCUT2D eigenvalue weighted by atomic mass is 9.96. The van der Waals surface area contributed by atoms with E-state index in [1.165, 1.54) is 27.2 Å². The molecular weight excluding hydrogens is 749 g/mol. The van der Waals surface area contributed by atoms with E-state index in [1.807, 2.05) is 18.2 Å². The van der Waals surface area contributed by atoms with Crippen LogP contribution in [0, 0.1) is 0 Å². The Labute approximate surface area is 349 Å². The highest BCUT2D eigenvalue weighted by molar-refractivity contribution is 6.20. The van der Waals surface area contributed by atoms with Gasteiger partial charge in [-0.05, 0) is 70.9 Å². The molecule has 0 bridgehead atoms. The largest absolute Gasteiger partial charge is 0.456 e. The van der Waals surface area contributed by atoms with E-state index in [1.54, 1.807) is 0 Å². The summed E-state index contributed by atoms with van der Waals surface area (Å²) in [6.45, 7) is 0. The third-order valence-corrected chi connectivity index (χ3v) is 12.2. The summed E-state index contributed by atoms with van der Waals surface area (Å²) in [4.78, 5) is 10.4. The van der Waals surface area contributed by atoms with Crippen molar-refractivity contribution >= 4 is 88.1 Å². The number of hydrogen-bond donors (Lipinski definition) is 1. The van der Waals surface area contributed by atoms with Crippen LogP contribution in [0.4, 0.5) is 0 Å². The molecule has 1 N–H and O–H groups in total. The molecule has 4 heterocycles. The first-order chi connectivity index (χ1) is 30.2. The number of aliphatic imine (C=N–C) groups is 2. The minimum Gasteiger partial charge on any atom is -0.456 e. The Balaban J connectivity index is 0.961. The molecule has 6 nitrogen and oxygen atoms in total. The number of hydrogen-bond acceptors (Lipinski definition) is 5. The molecule has 1 aliphatic heterocycles. The second-order valence-corrected chi connectivity index (χ2v) is 15.8. The summed E-state index contributed by atoms with van der Waals surface area (Å²) in [7, 11) is 0. The number of nitrogens with zero attached hydrogens (tertiary/aromatic N) is 3. The van der Waals surface area contributed by atoms with Gasteiger partial charge in [-0.3, -0.25) is 0 Å². The van der Waals surface area contributed by atoms with Gasteiger partial charge in [0.2, 0.25) is 0 Å². The Kier molecular flexibility index (Phi) is 7.27. The van der Waals surface area contributed by atoms with Crippen LogP contribution in [0.1, 0.15) is 22.9 Å². The zero-order chi connectivity index (χ0) is 40.0. The minimum absolute atomic E-state index is 0.415. The first kappa shape index (κ1) is 33.7. The lowest BCUT2D eigenvalue weighted by Crippen LogP contribution is -2.33. The van der Waals surface area contributed by atoms with E-state index >= 15 is 0 Å². The molecule has 6 heteroatoms. The molecule has 9 aromatic carbocycles. The Hall–Kier alpha value is -8.22. The van der Waals surface area contributed by atoms with Crippen molar-refractivity contribution < 1.29 is 8.83 Å². The average Bonchev–Trinajstić information content (AvgIpc) is 4.00. The maximum Gasteiger partial charge on any atom is 0.159 e. The normalized spacial score (nSPS) is 14.4. The fourth-order valence-electron chi connectivity index (χ4n) is 9.42. The Morgan fingerprint density at radius 1 is 0.459 bits per heavy atom. The fourth-order valence-corrected chi connectivity index (χ4v) is 9.42. The van der Waals surface area contributed by atoms with Crippen LogP contribution in [0.5, 0.6) is 0 Å². The fraction of sp³-hybridized carbons (Fsp3) is 0.0182. The average molecular weight is 783 g/mol. The standard InChI is InChI=1S/C55H34N4O2/c1-2-14-38(15-3-1)59-46-21-8-6-16-39(46)43-19-10-20-44(52(43)59)42-18-11-23-48-51(42)45-29-27-37(32-50(45)61-48)55-57-53(35-25-24-33-12-4-5-13-34(33)30-35)56-54(58-55)36-26-28-41-40-17-7-9-22-47(40)60-49(41)31-36/h1-32,54H,(H,56,57,58). The van der Waals surface area contributed by atoms with Crippen LogP contribution >= 0.6 is 0 Å². The van der Waals surface area contributed by atoms with E-state index in [2.05, 4.69) is 186 Å². The van der Waals surface area contributed by atoms with Crippen LogP contribution in [0.2, 0.25) is 0 Å². The van der Waals surface area contributed by atoms with Gasteiger partial charge in [0.15, 0.2) is 5.84 Å². The molecule has 286 valence electrons. The van der Waals surface area contributed by atoms with Crippen LogP contribution in [-0.4, -0.2) is 16.2 Å². The number of benzene rings is 9. The van der Waals surface area contributed by atoms with E-state index in [-0.39, 0.29) is 0 Å². The van der Waals surface area contributed by atoms with E-state index in [4.69, 9.17) is 18.8 Å². The summed E-state index contributed by atoms with van der Waals surface area (Å²) in [5.74, 6) is 1.37. The smallest absolute Gasteiger partial charge is 0.159 e. The number of aromatic nitrogens is 1. The quantitative estimate of drug-likeness (QED) is 0.189. The third kappa shape index (κ3) is 5.29. The molecule has 1 atom stereocenters. The number of rotatable bonds is 5. The number of para-hydroxylation sites is 4. The molecule has 61 heavy (non-hydrogen) atoms. The monoisotopic (exact) mass is 782 g/mol. The molecule has 0 fully saturated rings. The molecular formula is C55H34N4O2. The van der Waals surface area contributed by atoms with E-state index in [0.29, 0.717) is 11.7 Å². The van der Waals surface area contributed by atoms with Crippen LogP contribution in [0.25, 0.3) is 93.3 Å². The maximum atomic E-state index is 6.75. The molecule has 0 spiro atoms. The lowest BCUT2D eigenvalue weighted by molar-refractivity contribution is 0.654. The molecule has 0 saturated heterocycles. The van der Waals surface area contributed by atoms with Crippen molar-refractivity contribution in [2.45, 2.75) is 6.17 Å². The van der Waals surface area contributed by atoms with Crippen LogP contribution in [-0.2, 0) is 0 Å². The van der Waals surface area contributed by atoms with Gasteiger partial charge in [0, 0.05) is 60.3 Å². The zero-order valence-electron chi connectivity index (χ0n) is 32.7. The molecule has 0 radical (unpaired) electrons. The summed E-state index contributed by atoms with van der Waals surface area (Å²) < 4.78 is 15.5. The third-order valence-electron chi connectivity index (χ3n) is 12.2. The molecule has 12 aromatic rings. The van der Waals surface area contributed by atoms with Gasteiger partial charge in [0.05, 0.1) is 11.0 Å². The highest BCUT2D eigenvalue weighted by Gasteiger charge is 2.24. The van der Waals surface area contributed by atoms with E-state index in [0.717, 1.165) is 82.8 Å². The minimum atomic E-state index is -0.415. The summed E-state index contributed by atoms with van der Waals surface area (Å²) >= 11 is 0. The van der Waals surface area contributed by atoms with Crippen molar-refractivity contribution in [3.05, 3.63) is 211 Å². The summed E-state index contributed by atoms with van der Waals surface area (Å²) in [6.07, 6.45) is -0.415. The van der Waals surface area contributed by atoms with Gasteiger partial charge < -0.3 is 18.7 Å². The summed E-state index contributed by atoms with van der Waals surface area (Å²) in [6, 6.07) is 68.0.